The zero-order valence-corrected chi connectivity index (χ0v) is 67.7. The van der Waals surface area contributed by atoms with Crippen LogP contribution in [0.1, 0.15) is 189 Å². The molecule has 3 aliphatic heterocycles. The first kappa shape index (κ1) is 77.2. The van der Waals surface area contributed by atoms with E-state index in [1.165, 1.54) is 266 Å². The van der Waals surface area contributed by atoms with Crippen molar-refractivity contribution < 1.29 is 32.2 Å². The molecule has 4 aliphatic carbocycles. The number of benzene rings is 10. The van der Waals surface area contributed by atoms with E-state index in [0.29, 0.717) is 39.8 Å². The number of esters is 1. The first-order valence-electron chi connectivity index (χ1n) is 40.8. The third-order valence-corrected chi connectivity index (χ3v) is 34.3. The summed E-state index contributed by atoms with van der Waals surface area (Å²) in [5.74, 6) is 12.3. The first-order valence-corrected chi connectivity index (χ1v) is 48.6. The SMILES string of the molecule is COC(=O)c1cc([S+]2CCCC2)c2ccccc2c1OCC1CCCCC1.CS(=O)(=O)c1cccc2c(OC3CCCCC3)ccc([S+]3CCCCC3)c12.c1cc([S+]2CCCC2)ccc1CC1CCCCC1.c1ccc2cc([S+](c3ccc(OCC4CCCCC4)cc3)c3ccc4ccccc4c3)ccc2c1. The van der Waals surface area contributed by atoms with Crippen LogP contribution >= 0.6 is 0 Å². The van der Waals surface area contributed by atoms with E-state index >= 15 is 0 Å². The standard InChI is InChI=1S/C33H31OS.C23H29O3S.C22H29O3S2.C17H25S/c1-2-8-25(9-3-1)24-34-30-16-20-31(21-17-30)35(32-18-14-26-10-4-6-12-28(26)22-32)33-19-15-27-11-5-7-13-29(27)23-33;1-25-23(24)20-15-21(27-13-7-8-14-27)18-11-5-6-12-19(18)22(20)26-16-17-9-3-2-4-10-17;1-27(23,24)21-12-8-11-18-19(25-17-9-4-2-5-10-17)13-14-20(22(18)21)26-15-6-3-7-16-26;1-2-6-15(7-3-1)14-16-8-10-17(11-9-16)18-12-4-5-13-18/h4-7,10-23,25H,1-3,8-9,24H2;5-6,11-12,15,17H,2-4,7-10,13-14,16H2,1H3;8,11-14,17H,2-7,9-10,15-16H2,1H3;8-11,15H,1-7,12-14H2/q4*+1. The summed E-state index contributed by atoms with van der Waals surface area (Å²) < 4.78 is 49.1. The number of carbonyl (C=O) groups is 1. The lowest BCUT2D eigenvalue weighted by atomic mass is 9.85. The van der Waals surface area contributed by atoms with Crippen molar-refractivity contribution in [1.82, 2.24) is 0 Å². The second-order valence-electron chi connectivity index (χ2n) is 31.1. The summed E-state index contributed by atoms with van der Waals surface area (Å²) in [5, 5.41) is 9.33. The molecule has 10 aromatic rings. The highest BCUT2D eigenvalue weighted by Gasteiger charge is 2.36. The molecule has 0 amide bonds. The lowest BCUT2D eigenvalue weighted by molar-refractivity contribution is 0.0594. The molecule has 0 unspecified atom stereocenters. The van der Waals surface area contributed by atoms with Crippen LogP contribution in [-0.2, 0) is 64.6 Å². The second-order valence-corrected chi connectivity index (χ2v) is 41.9. The minimum atomic E-state index is -3.29. The second kappa shape index (κ2) is 38.4. The van der Waals surface area contributed by atoms with Crippen LogP contribution in [-0.4, -0.2) is 81.6 Å². The molecule has 3 heterocycles. The van der Waals surface area contributed by atoms with Crippen LogP contribution in [0.4, 0.5) is 0 Å². The molecule has 17 rings (SSSR count). The molecule has 562 valence electrons. The maximum absolute atomic E-state index is 12.6. The molecule has 7 aliphatic rings. The van der Waals surface area contributed by atoms with Crippen molar-refractivity contribution in [2.24, 2.45) is 17.8 Å². The summed E-state index contributed by atoms with van der Waals surface area (Å²) >= 11 is 0. The van der Waals surface area contributed by atoms with Crippen molar-refractivity contribution in [3.05, 3.63) is 205 Å². The van der Waals surface area contributed by atoms with Crippen LogP contribution in [0.3, 0.4) is 0 Å². The molecule has 4 saturated carbocycles. The van der Waals surface area contributed by atoms with Crippen molar-refractivity contribution in [3.63, 3.8) is 0 Å². The lowest BCUT2D eigenvalue weighted by Crippen LogP contribution is -2.21. The number of hydrogen-bond donors (Lipinski definition) is 0. The largest absolute Gasteiger partial charge is 0.493 e. The molecule has 7 fully saturated rings. The third kappa shape index (κ3) is 20.4. The molecular weight excluding hydrogens is 1410 g/mol. The molecule has 3 saturated heterocycles. The van der Waals surface area contributed by atoms with Crippen LogP contribution in [0.5, 0.6) is 17.2 Å². The minimum absolute atomic E-state index is 0.137. The predicted molar refractivity (Wildman–Crippen MR) is 456 cm³/mol. The fourth-order valence-electron chi connectivity index (χ4n) is 17.5. The zero-order valence-electron chi connectivity index (χ0n) is 63.6. The van der Waals surface area contributed by atoms with E-state index in [2.05, 4.69) is 170 Å². The van der Waals surface area contributed by atoms with Crippen molar-refractivity contribution in [2.75, 3.05) is 61.1 Å². The highest BCUT2D eigenvalue weighted by Crippen LogP contribution is 2.43. The predicted octanol–water partition coefficient (Wildman–Crippen LogP) is 24.1. The molecule has 10 aromatic carbocycles. The van der Waals surface area contributed by atoms with E-state index < -0.39 is 9.84 Å². The van der Waals surface area contributed by atoms with Crippen LogP contribution in [0.25, 0.3) is 43.1 Å². The van der Waals surface area contributed by atoms with Gasteiger partial charge in [0, 0.05) is 73.3 Å². The summed E-state index contributed by atoms with van der Waals surface area (Å²) in [5.41, 5.74) is 2.18. The van der Waals surface area contributed by atoms with Gasteiger partial charge in [0.05, 0.1) is 47.6 Å². The molecule has 0 radical (unpaired) electrons. The van der Waals surface area contributed by atoms with Gasteiger partial charge in [0.2, 0.25) is 0 Å². The van der Waals surface area contributed by atoms with E-state index in [1.54, 1.807) is 16.5 Å². The van der Waals surface area contributed by atoms with Crippen LogP contribution in [0.15, 0.2) is 228 Å². The molecule has 0 N–H and O–H groups in total. The molecule has 107 heavy (non-hydrogen) atoms. The average molecular weight is 1530 g/mol. The maximum atomic E-state index is 12.6. The van der Waals surface area contributed by atoms with Gasteiger partial charge < -0.3 is 18.9 Å². The summed E-state index contributed by atoms with van der Waals surface area (Å²) in [6, 6.07) is 70.0. The average Bonchev–Trinajstić information content (AvgIpc) is 1.19. The third-order valence-electron chi connectivity index (χ3n) is 23.4. The van der Waals surface area contributed by atoms with Crippen molar-refractivity contribution in [3.8, 4) is 17.2 Å². The topological polar surface area (TPSA) is 88.1 Å². The molecule has 0 aromatic heterocycles. The Morgan fingerprint density at radius 1 is 0.421 bits per heavy atom. The molecule has 12 heteroatoms. The van der Waals surface area contributed by atoms with Gasteiger partial charge in [-0.2, -0.15) is 0 Å². The highest BCUT2D eigenvalue weighted by atomic mass is 32.2. The number of ether oxygens (including phenoxy) is 4. The van der Waals surface area contributed by atoms with Gasteiger partial charge in [0.15, 0.2) is 39.2 Å². The van der Waals surface area contributed by atoms with Crippen molar-refractivity contribution in [1.29, 1.82) is 0 Å². The summed E-state index contributed by atoms with van der Waals surface area (Å²) in [4.78, 5) is 21.2. The van der Waals surface area contributed by atoms with E-state index in [0.717, 1.165) is 58.8 Å². The monoisotopic (exact) mass is 1530 g/mol. The fraction of sp³-hybridized carbons (Fsp3) is 0.442. The summed E-state index contributed by atoms with van der Waals surface area (Å²) in [6.07, 6.45) is 38.5. The van der Waals surface area contributed by atoms with Crippen LogP contribution in [0, 0.1) is 17.8 Å². The Morgan fingerprint density at radius 3 is 1.47 bits per heavy atom. The van der Waals surface area contributed by atoms with Gasteiger partial charge in [-0.05, 0) is 233 Å². The fourth-order valence-corrected chi connectivity index (χ4v) is 27.9. The number of rotatable bonds is 18. The van der Waals surface area contributed by atoms with Gasteiger partial charge in [0.1, 0.15) is 57.3 Å². The van der Waals surface area contributed by atoms with Gasteiger partial charge in [0.25, 0.3) is 0 Å². The smallest absolute Gasteiger partial charge is 0.341 e. The maximum Gasteiger partial charge on any atom is 0.341 e. The van der Waals surface area contributed by atoms with Crippen LogP contribution in [0.2, 0.25) is 0 Å². The Labute approximate surface area is 651 Å². The number of hydrogen-bond acceptors (Lipinski definition) is 7. The minimum Gasteiger partial charge on any atom is -0.493 e. The Hall–Kier alpha value is -6.54. The molecular formula is C95H114O7S5+4. The van der Waals surface area contributed by atoms with Crippen molar-refractivity contribution >= 4 is 102 Å². The highest BCUT2D eigenvalue weighted by molar-refractivity contribution is 7.98. The quantitative estimate of drug-likeness (QED) is 0.0625. The number of methoxy groups -OCH3 is 1. The Morgan fingerprint density at radius 2 is 0.897 bits per heavy atom. The Kier molecular flexibility index (Phi) is 27.7. The Bertz CT molecular complexity index is 4550. The van der Waals surface area contributed by atoms with E-state index in [1.807, 2.05) is 18.2 Å². The van der Waals surface area contributed by atoms with Gasteiger partial charge in [-0.25, -0.2) is 13.2 Å². The van der Waals surface area contributed by atoms with E-state index in [4.69, 9.17) is 18.9 Å². The van der Waals surface area contributed by atoms with Gasteiger partial charge in [-0.15, -0.1) is 0 Å². The molecule has 7 nitrogen and oxygen atoms in total. The summed E-state index contributed by atoms with van der Waals surface area (Å²) in [6.45, 7) is 1.54. The zero-order chi connectivity index (χ0) is 73.2. The first-order chi connectivity index (χ1) is 52.6. The van der Waals surface area contributed by atoms with Gasteiger partial charge in [-0.1, -0.05) is 168 Å². The molecule has 0 atom stereocenters. The normalized spacial score (nSPS) is 18.3. The van der Waals surface area contributed by atoms with E-state index in [-0.39, 0.29) is 44.8 Å². The number of fused-ring (bicyclic) bond motifs is 4. The molecule has 0 spiro atoms. The number of sulfone groups is 1. The number of carbonyl (C=O) groups excluding carboxylic acids is 1. The summed E-state index contributed by atoms with van der Waals surface area (Å²) in [7, 11) is -1.07. The van der Waals surface area contributed by atoms with Crippen LogP contribution < -0.4 is 14.2 Å². The van der Waals surface area contributed by atoms with Gasteiger partial charge >= 0.3 is 5.97 Å². The lowest BCUT2D eigenvalue weighted by Gasteiger charge is -2.24. The van der Waals surface area contributed by atoms with E-state index in [9.17, 15) is 13.2 Å². The Balaban J connectivity index is 0.000000122. The van der Waals surface area contributed by atoms with Crippen molar-refractivity contribution in [2.45, 2.75) is 220 Å². The molecule has 0 bridgehead atoms. The van der Waals surface area contributed by atoms with Gasteiger partial charge in [-0.3, -0.25) is 0 Å².